The molecular weight excluding hydrogens is 414 g/mol. The number of para-hydroxylation sites is 1. The monoisotopic (exact) mass is 449 g/mol. The van der Waals surface area contributed by atoms with Crippen molar-refractivity contribution < 1.29 is 14.3 Å². The maximum absolute atomic E-state index is 12.8. The number of amides is 2. The molecule has 4 rings (SSSR count). The van der Waals surface area contributed by atoms with Crippen molar-refractivity contribution in [3.8, 4) is 0 Å². The van der Waals surface area contributed by atoms with E-state index >= 15 is 0 Å². The molecule has 6 heteroatoms. The molecule has 6 nitrogen and oxygen atoms in total. The number of rotatable bonds is 9. The molecule has 2 atom stereocenters. The fourth-order valence-corrected chi connectivity index (χ4v) is 5.47. The summed E-state index contributed by atoms with van der Waals surface area (Å²) in [6, 6.07) is 20.7. The number of likely N-dealkylation sites (tertiary alicyclic amines) is 1. The first kappa shape index (κ1) is 23.3. The Kier molecular flexibility index (Phi) is 8.00. The van der Waals surface area contributed by atoms with Crippen LogP contribution in [0, 0.1) is 11.8 Å². The van der Waals surface area contributed by atoms with Gasteiger partial charge < -0.3 is 10.1 Å². The fourth-order valence-electron chi connectivity index (χ4n) is 5.47. The SMILES string of the molecule is COC(=O)CCCC(C1CCN(Cc2ccccc2)CC1)C1CNC(=O)N1c1ccccc1. The topological polar surface area (TPSA) is 61.9 Å². The molecule has 2 amide bonds. The molecule has 2 heterocycles. The van der Waals surface area contributed by atoms with Crippen LogP contribution in [0.15, 0.2) is 60.7 Å². The average Bonchev–Trinajstić information content (AvgIpc) is 3.24. The first-order valence-electron chi connectivity index (χ1n) is 12.1. The first-order chi connectivity index (χ1) is 16.2. The Morgan fingerprint density at radius 2 is 1.73 bits per heavy atom. The smallest absolute Gasteiger partial charge is 0.322 e. The summed E-state index contributed by atoms with van der Waals surface area (Å²) in [5.41, 5.74) is 2.29. The number of esters is 1. The maximum atomic E-state index is 12.8. The van der Waals surface area contributed by atoms with E-state index in [1.807, 2.05) is 35.2 Å². The second-order valence-electron chi connectivity index (χ2n) is 9.19. The third-order valence-corrected chi connectivity index (χ3v) is 7.17. The molecule has 2 aliphatic heterocycles. The predicted octanol–water partition coefficient (Wildman–Crippen LogP) is 4.46. The van der Waals surface area contributed by atoms with Crippen molar-refractivity contribution in [1.29, 1.82) is 0 Å². The van der Waals surface area contributed by atoms with E-state index in [0.29, 0.717) is 24.8 Å². The van der Waals surface area contributed by atoms with Crippen molar-refractivity contribution in [2.75, 3.05) is 31.6 Å². The number of methoxy groups -OCH3 is 1. The van der Waals surface area contributed by atoms with Crippen LogP contribution in [0.1, 0.15) is 37.7 Å². The van der Waals surface area contributed by atoms with Crippen LogP contribution >= 0.6 is 0 Å². The molecule has 2 fully saturated rings. The maximum Gasteiger partial charge on any atom is 0.322 e. The van der Waals surface area contributed by atoms with Gasteiger partial charge in [0.15, 0.2) is 0 Å². The molecule has 0 radical (unpaired) electrons. The number of carbonyl (C=O) groups is 2. The number of carbonyl (C=O) groups excluding carboxylic acids is 2. The number of anilines is 1. The molecule has 0 aliphatic carbocycles. The van der Waals surface area contributed by atoms with Crippen LogP contribution < -0.4 is 10.2 Å². The summed E-state index contributed by atoms with van der Waals surface area (Å²) >= 11 is 0. The Labute approximate surface area is 196 Å². The normalized spacial score (nSPS) is 20.5. The minimum atomic E-state index is -0.160. The van der Waals surface area contributed by atoms with Crippen molar-refractivity contribution in [3.05, 3.63) is 66.2 Å². The quantitative estimate of drug-likeness (QED) is 0.575. The van der Waals surface area contributed by atoms with E-state index < -0.39 is 0 Å². The van der Waals surface area contributed by atoms with E-state index in [9.17, 15) is 9.59 Å². The number of nitrogens with zero attached hydrogens (tertiary/aromatic N) is 2. The van der Waals surface area contributed by atoms with E-state index in [-0.39, 0.29) is 18.0 Å². The molecular formula is C27H35N3O3. The van der Waals surface area contributed by atoms with Crippen molar-refractivity contribution in [1.82, 2.24) is 10.2 Å². The minimum absolute atomic E-state index is 0.0225. The summed E-state index contributed by atoms with van der Waals surface area (Å²) in [5, 5.41) is 3.07. The van der Waals surface area contributed by atoms with Gasteiger partial charge in [0.25, 0.3) is 0 Å². The van der Waals surface area contributed by atoms with Crippen LogP contribution in [0.25, 0.3) is 0 Å². The molecule has 2 aromatic rings. The highest BCUT2D eigenvalue weighted by Gasteiger charge is 2.41. The van der Waals surface area contributed by atoms with Crippen LogP contribution in [0.2, 0.25) is 0 Å². The van der Waals surface area contributed by atoms with Gasteiger partial charge in [0.2, 0.25) is 0 Å². The Bertz CT molecular complexity index is 897. The molecule has 1 N–H and O–H groups in total. The van der Waals surface area contributed by atoms with E-state index in [0.717, 1.165) is 51.0 Å². The highest BCUT2D eigenvalue weighted by atomic mass is 16.5. The molecule has 2 saturated heterocycles. The minimum Gasteiger partial charge on any atom is -0.469 e. The zero-order chi connectivity index (χ0) is 23.0. The van der Waals surface area contributed by atoms with Gasteiger partial charge in [-0.3, -0.25) is 14.6 Å². The van der Waals surface area contributed by atoms with Crippen molar-refractivity contribution in [2.45, 2.75) is 44.7 Å². The van der Waals surface area contributed by atoms with Crippen molar-refractivity contribution in [3.63, 3.8) is 0 Å². The standard InChI is InChI=1S/C27H35N3O3/c1-33-26(31)14-8-13-24(25-19-28-27(32)30(25)23-11-6-3-7-12-23)22-15-17-29(18-16-22)20-21-9-4-2-5-10-21/h2-7,9-12,22,24-25H,8,13-20H2,1H3,(H,28,32). The van der Waals surface area contributed by atoms with Crippen molar-refractivity contribution >= 4 is 17.7 Å². The summed E-state index contributed by atoms with van der Waals surface area (Å²) in [6.07, 6.45) is 4.36. The van der Waals surface area contributed by atoms with Gasteiger partial charge in [-0.05, 0) is 68.3 Å². The van der Waals surface area contributed by atoms with E-state index in [4.69, 9.17) is 4.74 Å². The molecule has 0 bridgehead atoms. The van der Waals surface area contributed by atoms with E-state index in [2.05, 4.69) is 40.5 Å². The van der Waals surface area contributed by atoms with Crippen molar-refractivity contribution in [2.24, 2.45) is 11.8 Å². The van der Waals surface area contributed by atoms with Gasteiger partial charge in [-0.15, -0.1) is 0 Å². The average molecular weight is 450 g/mol. The van der Waals surface area contributed by atoms with Crippen LogP contribution in [0.3, 0.4) is 0 Å². The number of benzene rings is 2. The lowest BCUT2D eigenvalue weighted by atomic mass is 9.76. The zero-order valence-electron chi connectivity index (χ0n) is 19.5. The Hall–Kier alpha value is -2.86. The number of urea groups is 1. The van der Waals surface area contributed by atoms with Crippen LogP contribution in [-0.2, 0) is 16.1 Å². The Morgan fingerprint density at radius 1 is 1.06 bits per heavy atom. The molecule has 0 spiro atoms. The lowest BCUT2D eigenvalue weighted by Gasteiger charge is -2.40. The molecule has 2 aromatic carbocycles. The van der Waals surface area contributed by atoms with Crippen LogP contribution in [-0.4, -0.2) is 49.7 Å². The number of ether oxygens (including phenoxy) is 1. The second kappa shape index (κ2) is 11.3. The Morgan fingerprint density at radius 3 is 2.39 bits per heavy atom. The highest BCUT2D eigenvalue weighted by Crippen LogP contribution is 2.36. The third-order valence-electron chi connectivity index (χ3n) is 7.17. The van der Waals surface area contributed by atoms with E-state index in [1.54, 1.807) is 0 Å². The number of piperidine rings is 1. The Balaban J connectivity index is 1.45. The predicted molar refractivity (Wildman–Crippen MR) is 130 cm³/mol. The molecule has 2 unspecified atom stereocenters. The highest BCUT2D eigenvalue weighted by molar-refractivity contribution is 5.95. The molecule has 176 valence electrons. The second-order valence-corrected chi connectivity index (χ2v) is 9.19. The van der Waals surface area contributed by atoms with Crippen LogP contribution in [0.4, 0.5) is 10.5 Å². The summed E-state index contributed by atoms with van der Waals surface area (Å²) in [6.45, 7) is 3.76. The molecule has 0 saturated carbocycles. The summed E-state index contributed by atoms with van der Waals surface area (Å²) in [4.78, 5) is 29.0. The fraction of sp³-hybridized carbons (Fsp3) is 0.481. The summed E-state index contributed by atoms with van der Waals surface area (Å²) in [5.74, 6) is 0.707. The van der Waals surface area contributed by atoms with Gasteiger partial charge in [0.1, 0.15) is 0 Å². The van der Waals surface area contributed by atoms with E-state index in [1.165, 1.54) is 12.7 Å². The van der Waals surface area contributed by atoms with Gasteiger partial charge >= 0.3 is 12.0 Å². The van der Waals surface area contributed by atoms with Gasteiger partial charge in [-0.25, -0.2) is 4.79 Å². The molecule has 0 aromatic heterocycles. The van der Waals surface area contributed by atoms with Gasteiger partial charge in [0, 0.05) is 25.2 Å². The number of hydrogen-bond donors (Lipinski definition) is 1. The van der Waals surface area contributed by atoms with Gasteiger partial charge in [0.05, 0.1) is 13.2 Å². The number of hydrogen-bond acceptors (Lipinski definition) is 4. The lowest BCUT2D eigenvalue weighted by molar-refractivity contribution is -0.140. The number of nitrogens with one attached hydrogen (secondary N) is 1. The first-order valence-corrected chi connectivity index (χ1v) is 12.1. The lowest BCUT2D eigenvalue weighted by Crippen LogP contribution is -2.45. The van der Waals surface area contributed by atoms with Gasteiger partial charge in [-0.1, -0.05) is 48.5 Å². The largest absolute Gasteiger partial charge is 0.469 e. The molecule has 2 aliphatic rings. The molecule has 33 heavy (non-hydrogen) atoms. The summed E-state index contributed by atoms with van der Waals surface area (Å²) < 4.78 is 4.86. The zero-order valence-corrected chi connectivity index (χ0v) is 19.5. The summed E-state index contributed by atoms with van der Waals surface area (Å²) in [7, 11) is 1.44. The third kappa shape index (κ3) is 5.93. The van der Waals surface area contributed by atoms with Gasteiger partial charge in [-0.2, -0.15) is 0 Å². The van der Waals surface area contributed by atoms with Crippen LogP contribution in [0.5, 0.6) is 0 Å².